The summed E-state index contributed by atoms with van der Waals surface area (Å²) >= 11 is 0. The van der Waals surface area contributed by atoms with E-state index in [0.29, 0.717) is 32.6 Å². The molecule has 5 rings (SSSR count). The summed E-state index contributed by atoms with van der Waals surface area (Å²) in [7, 11) is 0. The van der Waals surface area contributed by atoms with Gasteiger partial charge in [-0.25, -0.2) is 9.69 Å². The van der Waals surface area contributed by atoms with Gasteiger partial charge < -0.3 is 15.0 Å². The maximum Gasteiger partial charge on any atom is 0.416 e. The zero-order valence-electron chi connectivity index (χ0n) is 17.6. The molecule has 3 aliphatic heterocycles. The molecule has 30 heavy (non-hydrogen) atoms. The van der Waals surface area contributed by atoms with Gasteiger partial charge in [-0.3, -0.25) is 9.59 Å². The molecule has 3 heterocycles. The Balaban J connectivity index is 1.28. The number of imide groups is 1. The Labute approximate surface area is 176 Å². The third kappa shape index (κ3) is 3.11. The molecule has 4 fully saturated rings. The summed E-state index contributed by atoms with van der Waals surface area (Å²) in [5.41, 5.74) is 0.907. The Hall–Kier alpha value is -2.41. The molecule has 1 aromatic rings. The number of benzene rings is 1. The van der Waals surface area contributed by atoms with E-state index in [2.05, 4.69) is 19.2 Å². The Morgan fingerprint density at radius 1 is 1.13 bits per heavy atom. The Kier molecular flexibility index (Phi) is 4.43. The van der Waals surface area contributed by atoms with Gasteiger partial charge in [-0.05, 0) is 23.8 Å². The van der Waals surface area contributed by atoms with Crippen molar-refractivity contribution >= 4 is 17.9 Å². The number of likely N-dealkylation sites (tertiary alicyclic amines) is 1. The number of nitrogens with one attached hydrogen (secondary N) is 1. The topological polar surface area (TPSA) is 79.0 Å². The number of amides is 3. The molecule has 160 valence electrons. The average Bonchev–Trinajstić information content (AvgIpc) is 3.03. The highest BCUT2D eigenvalue weighted by Crippen LogP contribution is 2.54. The maximum atomic E-state index is 13.5. The number of hydrogen-bond donors (Lipinski definition) is 1. The SMILES string of the molecule is CC1(C)C[C@@H]1C(=O)N1CC2(CNCC2C(=O)N2C(=O)OCC2Cc2ccccc2)C1. The number of carbonyl (C=O) groups excluding carboxylic acids is 3. The van der Waals surface area contributed by atoms with Crippen LogP contribution in [-0.4, -0.2) is 66.5 Å². The minimum absolute atomic E-state index is 0.104. The normalized spacial score (nSPS) is 30.9. The smallest absolute Gasteiger partial charge is 0.416 e. The first-order chi connectivity index (χ1) is 14.3. The fraction of sp³-hybridized carbons (Fsp3) is 0.609. The van der Waals surface area contributed by atoms with E-state index in [1.54, 1.807) is 0 Å². The van der Waals surface area contributed by atoms with Crippen molar-refractivity contribution in [2.45, 2.75) is 32.7 Å². The summed E-state index contributed by atoms with van der Waals surface area (Å²) in [5, 5.41) is 3.33. The van der Waals surface area contributed by atoms with Gasteiger partial charge in [-0.15, -0.1) is 0 Å². The molecule has 1 saturated carbocycles. The minimum Gasteiger partial charge on any atom is -0.447 e. The molecular formula is C23H29N3O4. The summed E-state index contributed by atoms with van der Waals surface area (Å²) in [5.74, 6) is -0.145. The molecule has 3 amide bonds. The third-order valence-corrected chi connectivity index (χ3v) is 7.51. The first-order valence-electron chi connectivity index (χ1n) is 10.8. The van der Waals surface area contributed by atoms with Crippen LogP contribution in [0.5, 0.6) is 0 Å². The predicted octanol–water partition coefficient (Wildman–Crippen LogP) is 1.67. The molecule has 2 unspecified atom stereocenters. The first-order valence-corrected chi connectivity index (χ1v) is 10.8. The zero-order chi connectivity index (χ0) is 21.1. The lowest BCUT2D eigenvalue weighted by Gasteiger charge is -2.51. The highest BCUT2D eigenvalue weighted by Gasteiger charge is 2.61. The molecule has 1 aliphatic carbocycles. The minimum atomic E-state index is -0.546. The molecule has 0 bridgehead atoms. The van der Waals surface area contributed by atoms with Gasteiger partial charge in [0.1, 0.15) is 6.61 Å². The number of ether oxygens (including phenoxy) is 1. The van der Waals surface area contributed by atoms with Crippen LogP contribution < -0.4 is 5.32 Å². The van der Waals surface area contributed by atoms with Gasteiger partial charge in [-0.2, -0.15) is 0 Å². The predicted molar refractivity (Wildman–Crippen MR) is 109 cm³/mol. The van der Waals surface area contributed by atoms with Crippen molar-refractivity contribution < 1.29 is 19.1 Å². The van der Waals surface area contributed by atoms with E-state index in [9.17, 15) is 14.4 Å². The lowest BCUT2D eigenvalue weighted by atomic mass is 9.70. The van der Waals surface area contributed by atoms with Crippen LogP contribution in [0.15, 0.2) is 30.3 Å². The third-order valence-electron chi connectivity index (χ3n) is 7.51. The lowest BCUT2D eigenvalue weighted by molar-refractivity contribution is -0.154. The van der Waals surface area contributed by atoms with Gasteiger partial charge in [-0.1, -0.05) is 44.2 Å². The van der Waals surface area contributed by atoms with Crippen LogP contribution in [0.1, 0.15) is 25.8 Å². The lowest BCUT2D eigenvalue weighted by Crippen LogP contribution is -2.65. The second-order valence-electron chi connectivity index (χ2n) is 10.1. The number of carbonyl (C=O) groups is 3. The summed E-state index contributed by atoms with van der Waals surface area (Å²) in [4.78, 5) is 41.9. The van der Waals surface area contributed by atoms with E-state index in [0.717, 1.165) is 12.0 Å². The van der Waals surface area contributed by atoms with Gasteiger partial charge in [0.25, 0.3) is 0 Å². The van der Waals surface area contributed by atoms with Crippen LogP contribution in [0.25, 0.3) is 0 Å². The van der Waals surface area contributed by atoms with E-state index < -0.39 is 6.09 Å². The van der Waals surface area contributed by atoms with Crippen molar-refractivity contribution in [3.8, 4) is 0 Å². The number of rotatable bonds is 4. The van der Waals surface area contributed by atoms with Crippen LogP contribution in [0.3, 0.4) is 0 Å². The monoisotopic (exact) mass is 411 g/mol. The fourth-order valence-corrected chi connectivity index (χ4v) is 5.40. The molecule has 0 aromatic heterocycles. The van der Waals surface area contributed by atoms with Crippen molar-refractivity contribution in [3.63, 3.8) is 0 Å². The standard InChI is InChI=1S/C23H29N3O4/c1-22(2)9-17(22)19(27)25-13-23(14-25)12-24-10-18(23)20(28)26-16(11-30-21(26)29)8-15-6-4-3-5-7-15/h3-7,16-18,24H,8-14H2,1-2H3/t16?,17-,18?/m1/s1. The van der Waals surface area contributed by atoms with Crippen LogP contribution in [0.2, 0.25) is 0 Å². The van der Waals surface area contributed by atoms with E-state index in [1.807, 2.05) is 35.2 Å². The summed E-state index contributed by atoms with van der Waals surface area (Å²) < 4.78 is 5.25. The van der Waals surface area contributed by atoms with Crippen LogP contribution in [-0.2, 0) is 20.7 Å². The number of hydrogen-bond acceptors (Lipinski definition) is 5. The van der Waals surface area contributed by atoms with Crippen molar-refractivity contribution in [2.75, 3.05) is 32.8 Å². The molecule has 1 spiro atoms. The summed E-state index contributed by atoms with van der Waals surface area (Å²) in [6, 6.07) is 9.57. The van der Waals surface area contributed by atoms with Gasteiger partial charge in [0.05, 0.1) is 12.0 Å². The van der Waals surface area contributed by atoms with E-state index in [4.69, 9.17) is 4.74 Å². The number of cyclic esters (lactones) is 1. The van der Waals surface area contributed by atoms with Gasteiger partial charge in [0.15, 0.2) is 0 Å². The van der Waals surface area contributed by atoms with Crippen molar-refractivity contribution in [3.05, 3.63) is 35.9 Å². The second kappa shape index (κ2) is 6.80. The molecule has 7 heteroatoms. The van der Waals surface area contributed by atoms with Gasteiger partial charge >= 0.3 is 6.09 Å². The highest BCUT2D eigenvalue weighted by molar-refractivity contribution is 5.96. The zero-order valence-corrected chi connectivity index (χ0v) is 17.6. The Morgan fingerprint density at radius 2 is 1.83 bits per heavy atom. The molecule has 1 N–H and O–H groups in total. The molecule has 0 radical (unpaired) electrons. The highest BCUT2D eigenvalue weighted by atomic mass is 16.6. The quantitative estimate of drug-likeness (QED) is 0.816. The Bertz CT molecular complexity index is 878. The van der Waals surface area contributed by atoms with Gasteiger partial charge in [0, 0.05) is 37.5 Å². The average molecular weight is 412 g/mol. The molecule has 1 aromatic carbocycles. The Morgan fingerprint density at radius 3 is 2.50 bits per heavy atom. The summed E-state index contributed by atoms with van der Waals surface area (Å²) in [6.07, 6.45) is 0.985. The first kappa shape index (κ1) is 19.5. The molecular weight excluding hydrogens is 382 g/mol. The van der Waals surface area contributed by atoms with Crippen LogP contribution in [0.4, 0.5) is 4.79 Å². The molecule has 3 saturated heterocycles. The van der Waals surface area contributed by atoms with Crippen molar-refractivity contribution in [1.82, 2.24) is 15.1 Å². The summed E-state index contributed by atoms with van der Waals surface area (Å²) in [6.45, 7) is 6.90. The van der Waals surface area contributed by atoms with Crippen molar-refractivity contribution in [2.24, 2.45) is 22.7 Å². The number of nitrogens with zero attached hydrogens (tertiary/aromatic N) is 2. The second-order valence-corrected chi connectivity index (χ2v) is 10.1. The van der Waals surface area contributed by atoms with Gasteiger partial charge in [0.2, 0.25) is 11.8 Å². The van der Waals surface area contributed by atoms with E-state index in [1.165, 1.54) is 4.90 Å². The van der Waals surface area contributed by atoms with Crippen LogP contribution >= 0.6 is 0 Å². The molecule has 4 aliphatic rings. The maximum absolute atomic E-state index is 13.5. The largest absolute Gasteiger partial charge is 0.447 e. The van der Waals surface area contributed by atoms with Crippen molar-refractivity contribution in [1.29, 1.82) is 0 Å². The van der Waals surface area contributed by atoms with E-state index >= 15 is 0 Å². The molecule has 3 atom stereocenters. The molecule has 7 nitrogen and oxygen atoms in total. The van der Waals surface area contributed by atoms with E-state index in [-0.39, 0.29) is 47.1 Å². The van der Waals surface area contributed by atoms with Crippen LogP contribution in [0, 0.1) is 22.7 Å². The fourth-order valence-electron chi connectivity index (χ4n) is 5.40.